The molecule has 166 valence electrons. The number of amides is 1. The Hall–Kier alpha value is -1.36. The van der Waals surface area contributed by atoms with Crippen LogP contribution in [0.25, 0.3) is 0 Å². The monoisotopic (exact) mass is 692 g/mol. The van der Waals surface area contributed by atoms with Crippen LogP contribution in [0.4, 0.5) is 0 Å². The number of carbonyl (C=O) groups excluding carboxylic acids is 1. The first kappa shape index (κ1) is 25.3. The van der Waals surface area contributed by atoms with Crippen LogP contribution in [-0.4, -0.2) is 12.1 Å². The van der Waals surface area contributed by atoms with Gasteiger partial charge in [-0.05, 0) is 92.6 Å². The van der Waals surface area contributed by atoms with Gasteiger partial charge < -0.3 is 4.74 Å². The van der Waals surface area contributed by atoms with Gasteiger partial charge in [-0.25, -0.2) is 5.43 Å². The molecular formula is C24H20Cl2I2N2O2. The number of rotatable bonds is 8. The molecule has 0 aliphatic carbocycles. The first-order chi connectivity index (χ1) is 15.4. The summed E-state index contributed by atoms with van der Waals surface area (Å²) in [6, 6.07) is 17.3. The molecule has 0 aliphatic rings. The van der Waals surface area contributed by atoms with Crippen LogP contribution in [0.1, 0.15) is 29.2 Å². The smallest absolute Gasteiger partial charge is 0.244 e. The number of benzene rings is 3. The van der Waals surface area contributed by atoms with E-state index in [-0.39, 0.29) is 12.3 Å². The van der Waals surface area contributed by atoms with Gasteiger partial charge in [0, 0.05) is 15.6 Å². The van der Waals surface area contributed by atoms with Gasteiger partial charge in [0.25, 0.3) is 0 Å². The van der Waals surface area contributed by atoms with Crippen molar-refractivity contribution in [3.8, 4) is 5.75 Å². The summed E-state index contributed by atoms with van der Waals surface area (Å²) >= 11 is 16.6. The van der Waals surface area contributed by atoms with Gasteiger partial charge in [-0.15, -0.1) is 0 Å². The topological polar surface area (TPSA) is 50.7 Å². The lowest BCUT2D eigenvalue weighted by molar-refractivity contribution is -0.120. The normalized spacial score (nSPS) is 11.0. The van der Waals surface area contributed by atoms with Gasteiger partial charge in [0.1, 0.15) is 12.4 Å². The molecule has 32 heavy (non-hydrogen) atoms. The van der Waals surface area contributed by atoms with Crippen molar-refractivity contribution in [2.75, 3.05) is 0 Å². The Morgan fingerprint density at radius 2 is 1.69 bits per heavy atom. The van der Waals surface area contributed by atoms with Crippen LogP contribution in [0, 0.1) is 7.14 Å². The Bertz CT molecular complexity index is 1110. The zero-order valence-electron chi connectivity index (χ0n) is 17.2. The highest BCUT2D eigenvalue weighted by Crippen LogP contribution is 2.30. The van der Waals surface area contributed by atoms with Gasteiger partial charge in [0.2, 0.25) is 5.91 Å². The fourth-order valence-electron chi connectivity index (χ4n) is 2.88. The van der Waals surface area contributed by atoms with Gasteiger partial charge in [-0.3, -0.25) is 4.79 Å². The standard InChI is InChI=1S/C24H20Cl2I2N2O2/c1-2-15-3-5-16(6-4-15)11-23(31)30-29-13-17-9-21(27)24(22(28)10-17)32-14-18-7-8-19(25)12-20(18)26/h3-10,12-13H,2,11,14H2,1H3,(H,30,31)/b29-13+. The Kier molecular flexibility index (Phi) is 9.63. The molecule has 8 heteroatoms. The molecule has 0 atom stereocenters. The zero-order valence-corrected chi connectivity index (χ0v) is 23.0. The van der Waals surface area contributed by atoms with Gasteiger partial charge in [0.15, 0.2) is 0 Å². The Morgan fingerprint density at radius 1 is 1.03 bits per heavy atom. The molecule has 0 saturated heterocycles. The SMILES string of the molecule is CCc1ccc(CC(=O)N/N=C/c2cc(I)c(OCc3ccc(Cl)cc3Cl)c(I)c2)cc1. The van der Waals surface area contributed by atoms with Crippen LogP contribution < -0.4 is 10.2 Å². The first-order valence-corrected chi connectivity index (χ1v) is 12.7. The lowest BCUT2D eigenvalue weighted by Gasteiger charge is -2.12. The predicted octanol–water partition coefficient (Wildman–Crippen LogP) is 7.04. The van der Waals surface area contributed by atoms with E-state index in [1.54, 1.807) is 18.3 Å². The third-order valence-electron chi connectivity index (χ3n) is 4.61. The van der Waals surface area contributed by atoms with Gasteiger partial charge in [-0.2, -0.15) is 5.10 Å². The summed E-state index contributed by atoms with van der Waals surface area (Å²) in [5, 5.41) is 5.26. The molecule has 0 aromatic heterocycles. The maximum Gasteiger partial charge on any atom is 0.244 e. The lowest BCUT2D eigenvalue weighted by atomic mass is 10.1. The van der Waals surface area contributed by atoms with Crippen LogP contribution in [0.3, 0.4) is 0 Å². The second-order valence-corrected chi connectivity index (χ2v) is 10.1. The van der Waals surface area contributed by atoms with Crippen molar-refractivity contribution in [2.24, 2.45) is 5.10 Å². The van der Waals surface area contributed by atoms with E-state index in [1.807, 2.05) is 42.5 Å². The van der Waals surface area contributed by atoms with E-state index >= 15 is 0 Å². The number of carbonyl (C=O) groups is 1. The minimum Gasteiger partial charge on any atom is -0.487 e. The summed E-state index contributed by atoms with van der Waals surface area (Å²) in [5.74, 6) is 0.614. The van der Waals surface area contributed by atoms with E-state index in [2.05, 4.69) is 62.6 Å². The van der Waals surface area contributed by atoms with Gasteiger partial charge in [0.05, 0.1) is 19.8 Å². The summed E-state index contributed by atoms with van der Waals surface area (Å²) in [6.45, 7) is 2.44. The summed E-state index contributed by atoms with van der Waals surface area (Å²) in [7, 11) is 0. The number of hydrogen-bond acceptors (Lipinski definition) is 3. The van der Waals surface area contributed by atoms with E-state index in [9.17, 15) is 4.79 Å². The van der Waals surface area contributed by atoms with E-state index < -0.39 is 0 Å². The highest BCUT2D eigenvalue weighted by molar-refractivity contribution is 14.1. The summed E-state index contributed by atoms with van der Waals surface area (Å²) in [5.41, 5.74) is 6.52. The molecule has 0 radical (unpaired) electrons. The maximum atomic E-state index is 12.1. The highest BCUT2D eigenvalue weighted by atomic mass is 127. The number of hydrazone groups is 1. The number of ether oxygens (including phenoxy) is 1. The van der Waals surface area contributed by atoms with Gasteiger partial charge in [-0.1, -0.05) is 60.5 Å². The maximum absolute atomic E-state index is 12.1. The molecular weight excluding hydrogens is 673 g/mol. The number of hydrogen-bond donors (Lipinski definition) is 1. The van der Waals surface area contributed by atoms with Crippen LogP contribution in [0.2, 0.25) is 10.0 Å². The van der Waals surface area contributed by atoms with Crippen LogP contribution in [0.15, 0.2) is 59.7 Å². The minimum atomic E-state index is -0.158. The fraction of sp³-hybridized carbons (Fsp3) is 0.167. The fourth-order valence-corrected chi connectivity index (χ4v) is 5.47. The molecule has 0 aliphatic heterocycles. The van der Waals surface area contributed by atoms with Crippen molar-refractivity contribution >= 4 is 80.5 Å². The second-order valence-electron chi connectivity index (χ2n) is 6.98. The van der Waals surface area contributed by atoms with E-state index in [1.165, 1.54) is 5.56 Å². The van der Waals surface area contributed by atoms with Crippen molar-refractivity contribution in [1.82, 2.24) is 5.43 Å². The zero-order chi connectivity index (χ0) is 23.1. The Labute approximate surface area is 225 Å². The number of halogens is 4. The minimum absolute atomic E-state index is 0.158. The molecule has 1 N–H and O–H groups in total. The number of aryl methyl sites for hydroxylation is 1. The Morgan fingerprint density at radius 3 is 2.31 bits per heavy atom. The second kappa shape index (κ2) is 12.2. The van der Waals surface area contributed by atoms with Crippen molar-refractivity contribution in [1.29, 1.82) is 0 Å². The summed E-state index contributed by atoms with van der Waals surface area (Å²) in [4.78, 5) is 12.1. The van der Waals surface area contributed by atoms with Crippen LogP contribution in [0.5, 0.6) is 5.75 Å². The quantitative estimate of drug-likeness (QED) is 0.157. The molecule has 3 rings (SSSR count). The van der Waals surface area contributed by atoms with E-state index in [0.717, 1.165) is 36.0 Å². The molecule has 1 amide bonds. The lowest BCUT2D eigenvalue weighted by Crippen LogP contribution is -2.19. The van der Waals surface area contributed by atoms with Crippen LogP contribution in [-0.2, 0) is 24.2 Å². The number of nitrogens with one attached hydrogen (secondary N) is 1. The largest absolute Gasteiger partial charge is 0.487 e. The molecule has 0 heterocycles. The van der Waals surface area contributed by atoms with E-state index in [0.29, 0.717) is 16.7 Å². The van der Waals surface area contributed by atoms with E-state index in [4.69, 9.17) is 27.9 Å². The van der Waals surface area contributed by atoms with Gasteiger partial charge >= 0.3 is 0 Å². The molecule has 0 spiro atoms. The number of nitrogens with zero attached hydrogens (tertiary/aromatic N) is 1. The Balaban J connectivity index is 1.58. The first-order valence-electron chi connectivity index (χ1n) is 9.81. The summed E-state index contributed by atoms with van der Waals surface area (Å²) in [6.07, 6.45) is 2.89. The average molecular weight is 693 g/mol. The molecule has 4 nitrogen and oxygen atoms in total. The predicted molar refractivity (Wildman–Crippen MR) is 148 cm³/mol. The van der Waals surface area contributed by atoms with Crippen molar-refractivity contribution in [2.45, 2.75) is 26.4 Å². The van der Waals surface area contributed by atoms with Crippen molar-refractivity contribution < 1.29 is 9.53 Å². The van der Waals surface area contributed by atoms with Crippen LogP contribution >= 0.6 is 68.4 Å². The highest BCUT2D eigenvalue weighted by Gasteiger charge is 2.10. The molecule has 0 unspecified atom stereocenters. The molecule has 0 saturated carbocycles. The molecule has 0 fully saturated rings. The average Bonchev–Trinajstić information content (AvgIpc) is 2.75. The molecule has 3 aromatic carbocycles. The molecule has 0 bridgehead atoms. The summed E-state index contributed by atoms with van der Waals surface area (Å²) < 4.78 is 7.87. The van der Waals surface area contributed by atoms with Crippen molar-refractivity contribution in [3.05, 3.63) is 94.0 Å². The molecule has 3 aromatic rings. The third-order valence-corrected chi connectivity index (χ3v) is 6.80. The van der Waals surface area contributed by atoms with Crippen molar-refractivity contribution in [3.63, 3.8) is 0 Å². The third kappa shape index (κ3) is 7.33.